The highest BCUT2D eigenvalue weighted by atomic mass is 16.1. The molecule has 3 atom stereocenters. The Morgan fingerprint density at radius 2 is 2.00 bits per heavy atom. The fraction of sp³-hybridized carbons (Fsp3) is 0.941. The summed E-state index contributed by atoms with van der Waals surface area (Å²) < 4.78 is 0. The highest BCUT2D eigenvalue weighted by Crippen LogP contribution is 2.29. The first-order chi connectivity index (χ1) is 10.1. The van der Waals surface area contributed by atoms with Crippen LogP contribution in [0.1, 0.15) is 58.8 Å². The molecule has 0 spiro atoms. The number of nitrogens with two attached hydrogens (primary N) is 1. The van der Waals surface area contributed by atoms with Crippen molar-refractivity contribution in [1.82, 2.24) is 10.2 Å². The molecule has 122 valence electrons. The largest absolute Gasteiger partial charge is 0.353 e. The molecule has 1 aliphatic heterocycles. The predicted molar refractivity (Wildman–Crippen MR) is 87.0 cm³/mol. The van der Waals surface area contributed by atoms with Gasteiger partial charge in [0.1, 0.15) is 0 Å². The van der Waals surface area contributed by atoms with Crippen molar-refractivity contribution in [2.75, 3.05) is 19.6 Å². The molecule has 1 aliphatic carbocycles. The Bertz CT molecular complexity index is 326. The van der Waals surface area contributed by atoms with Gasteiger partial charge < -0.3 is 16.0 Å². The van der Waals surface area contributed by atoms with Crippen LogP contribution in [-0.4, -0.2) is 42.5 Å². The maximum Gasteiger partial charge on any atom is 0.223 e. The van der Waals surface area contributed by atoms with Gasteiger partial charge in [-0.2, -0.15) is 0 Å². The molecular weight excluding hydrogens is 262 g/mol. The third kappa shape index (κ3) is 4.96. The highest BCUT2D eigenvalue weighted by Gasteiger charge is 2.30. The van der Waals surface area contributed by atoms with Gasteiger partial charge in [-0.3, -0.25) is 4.79 Å². The number of likely N-dealkylation sites (tertiary alicyclic amines) is 1. The molecule has 3 N–H and O–H groups in total. The van der Waals surface area contributed by atoms with Gasteiger partial charge in [-0.25, -0.2) is 0 Å². The fourth-order valence-electron chi connectivity index (χ4n) is 3.88. The topological polar surface area (TPSA) is 58.4 Å². The van der Waals surface area contributed by atoms with Crippen LogP contribution >= 0.6 is 0 Å². The molecule has 1 saturated heterocycles. The number of carbonyl (C=O) groups is 1. The number of amides is 1. The van der Waals surface area contributed by atoms with Crippen molar-refractivity contribution >= 4 is 5.91 Å². The molecule has 0 aromatic rings. The van der Waals surface area contributed by atoms with E-state index in [2.05, 4.69) is 24.1 Å². The van der Waals surface area contributed by atoms with Crippen molar-refractivity contribution in [2.45, 2.75) is 70.9 Å². The maximum atomic E-state index is 12.5. The number of nitrogens with one attached hydrogen (secondary N) is 1. The van der Waals surface area contributed by atoms with Crippen molar-refractivity contribution in [1.29, 1.82) is 0 Å². The summed E-state index contributed by atoms with van der Waals surface area (Å²) in [6, 6.07) is 0.682. The number of nitrogens with zero attached hydrogens (tertiary/aromatic N) is 1. The first-order valence-electron chi connectivity index (χ1n) is 8.88. The van der Waals surface area contributed by atoms with Crippen LogP contribution in [0.25, 0.3) is 0 Å². The summed E-state index contributed by atoms with van der Waals surface area (Å²) in [7, 11) is 0. The van der Waals surface area contributed by atoms with Gasteiger partial charge in [0.05, 0.1) is 0 Å². The number of hydrogen-bond acceptors (Lipinski definition) is 3. The van der Waals surface area contributed by atoms with E-state index in [9.17, 15) is 4.79 Å². The van der Waals surface area contributed by atoms with E-state index in [4.69, 9.17) is 5.73 Å². The molecule has 0 radical (unpaired) electrons. The molecule has 4 nitrogen and oxygen atoms in total. The second-order valence-electron chi connectivity index (χ2n) is 7.10. The van der Waals surface area contributed by atoms with Gasteiger partial charge >= 0.3 is 0 Å². The van der Waals surface area contributed by atoms with E-state index in [0.717, 1.165) is 45.2 Å². The van der Waals surface area contributed by atoms with Crippen LogP contribution in [0, 0.1) is 11.8 Å². The first kappa shape index (κ1) is 16.8. The van der Waals surface area contributed by atoms with E-state index < -0.39 is 0 Å². The van der Waals surface area contributed by atoms with Crippen molar-refractivity contribution in [3.05, 3.63) is 0 Å². The van der Waals surface area contributed by atoms with Crippen molar-refractivity contribution in [3.8, 4) is 0 Å². The predicted octanol–water partition coefficient (Wildman–Crippen LogP) is 2.13. The quantitative estimate of drug-likeness (QED) is 0.817. The number of hydrogen-bond donors (Lipinski definition) is 2. The average molecular weight is 295 g/mol. The van der Waals surface area contributed by atoms with E-state index in [1.807, 2.05) is 0 Å². The summed E-state index contributed by atoms with van der Waals surface area (Å²) in [5.74, 6) is 0.849. The molecule has 2 aliphatic rings. The molecule has 1 saturated carbocycles. The van der Waals surface area contributed by atoms with Gasteiger partial charge in [-0.1, -0.05) is 20.3 Å². The maximum absolute atomic E-state index is 12.5. The van der Waals surface area contributed by atoms with Crippen LogP contribution in [0.4, 0.5) is 0 Å². The zero-order valence-electron chi connectivity index (χ0n) is 13.8. The Balaban J connectivity index is 1.74. The summed E-state index contributed by atoms with van der Waals surface area (Å²) in [6.45, 7) is 7.76. The van der Waals surface area contributed by atoms with Gasteiger partial charge in [0, 0.05) is 31.1 Å². The number of rotatable bonds is 5. The monoisotopic (exact) mass is 295 g/mol. The summed E-state index contributed by atoms with van der Waals surface area (Å²) in [6.07, 6.45) is 7.90. The van der Waals surface area contributed by atoms with Gasteiger partial charge in [-0.15, -0.1) is 0 Å². The molecule has 4 heteroatoms. The second kappa shape index (κ2) is 8.14. The van der Waals surface area contributed by atoms with E-state index in [0.29, 0.717) is 18.0 Å². The third-order valence-electron chi connectivity index (χ3n) is 5.35. The molecule has 21 heavy (non-hydrogen) atoms. The number of piperidine rings is 1. The molecule has 1 heterocycles. The zero-order chi connectivity index (χ0) is 15.2. The Labute approximate surface area is 129 Å². The lowest BCUT2D eigenvalue weighted by Crippen LogP contribution is -2.47. The summed E-state index contributed by atoms with van der Waals surface area (Å²) in [5, 5.41) is 3.29. The lowest BCUT2D eigenvalue weighted by molar-refractivity contribution is -0.127. The van der Waals surface area contributed by atoms with Crippen LogP contribution in [0.2, 0.25) is 0 Å². The molecule has 2 fully saturated rings. The van der Waals surface area contributed by atoms with Crippen LogP contribution in [-0.2, 0) is 4.79 Å². The Morgan fingerprint density at radius 3 is 2.62 bits per heavy atom. The van der Waals surface area contributed by atoms with Gasteiger partial charge in [0.25, 0.3) is 0 Å². The van der Waals surface area contributed by atoms with Gasteiger partial charge in [0.15, 0.2) is 0 Å². The molecule has 0 aromatic heterocycles. The van der Waals surface area contributed by atoms with Crippen LogP contribution in [0.5, 0.6) is 0 Å². The molecule has 0 bridgehead atoms. The lowest BCUT2D eigenvalue weighted by Gasteiger charge is -2.34. The zero-order valence-corrected chi connectivity index (χ0v) is 13.8. The average Bonchev–Trinajstić information content (AvgIpc) is 2.48. The van der Waals surface area contributed by atoms with Crippen LogP contribution < -0.4 is 11.1 Å². The van der Waals surface area contributed by atoms with E-state index in [-0.39, 0.29) is 11.8 Å². The van der Waals surface area contributed by atoms with Crippen LogP contribution in [0.3, 0.4) is 0 Å². The molecule has 0 aromatic carbocycles. The van der Waals surface area contributed by atoms with Gasteiger partial charge in [0.2, 0.25) is 5.91 Å². The lowest BCUT2D eigenvalue weighted by atomic mass is 9.78. The fourth-order valence-corrected chi connectivity index (χ4v) is 3.88. The summed E-state index contributed by atoms with van der Waals surface area (Å²) in [4.78, 5) is 15.0. The Morgan fingerprint density at radius 1 is 1.29 bits per heavy atom. The van der Waals surface area contributed by atoms with Crippen molar-refractivity contribution in [2.24, 2.45) is 17.6 Å². The smallest absolute Gasteiger partial charge is 0.223 e. The SMILES string of the molecule is CCCN1CCC(NC(=O)C(C)C2CCCC(N)C2)CC1. The molecular formula is C17H33N3O. The van der Waals surface area contributed by atoms with Crippen LogP contribution in [0.15, 0.2) is 0 Å². The summed E-state index contributed by atoms with van der Waals surface area (Å²) in [5.41, 5.74) is 6.05. The first-order valence-corrected chi connectivity index (χ1v) is 8.88. The van der Waals surface area contributed by atoms with E-state index >= 15 is 0 Å². The minimum atomic E-state index is 0.116. The molecule has 3 unspecified atom stereocenters. The normalized spacial score (nSPS) is 30.0. The van der Waals surface area contributed by atoms with Crippen molar-refractivity contribution < 1.29 is 4.79 Å². The minimum absolute atomic E-state index is 0.116. The molecule has 1 amide bonds. The Hall–Kier alpha value is -0.610. The standard InChI is InChI=1S/C17H33N3O/c1-3-9-20-10-7-16(8-11-20)19-17(21)13(2)14-5-4-6-15(18)12-14/h13-16H,3-12,18H2,1-2H3,(H,19,21). The number of carbonyl (C=O) groups excluding carboxylic acids is 1. The Kier molecular flexibility index (Phi) is 6.49. The third-order valence-corrected chi connectivity index (χ3v) is 5.35. The highest BCUT2D eigenvalue weighted by molar-refractivity contribution is 5.78. The summed E-state index contributed by atoms with van der Waals surface area (Å²) >= 11 is 0. The van der Waals surface area contributed by atoms with E-state index in [1.165, 1.54) is 19.4 Å². The van der Waals surface area contributed by atoms with Crippen molar-refractivity contribution in [3.63, 3.8) is 0 Å². The minimum Gasteiger partial charge on any atom is -0.353 e. The van der Waals surface area contributed by atoms with E-state index in [1.54, 1.807) is 0 Å². The molecule has 2 rings (SSSR count). The van der Waals surface area contributed by atoms with Gasteiger partial charge in [-0.05, 0) is 51.0 Å². The second-order valence-corrected chi connectivity index (χ2v) is 7.10.